The molecule has 21 heavy (non-hydrogen) atoms. The number of carboxylic acids is 1. The number of fused-ring (bicyclic) bond motifs is 1. The van der Waals surface area contributed by atoms with E-state index >= 15 is 0 Å². The van der Waals surface area contributed by atoms with E-state index in [9.17, 15) is 9.90 Å². The van der Waals surface area contributed by atoms with E-state index in [0.29, 0.717) is 6.42 Å². The smallest absolute Gasteiger partial charge is 0.310 e. The Balaban J connectivity index is 2.00. The van der Waals surface area contributed by atoms with E-state index in [-0.39, 0.29) is 0 Å². The lowest BCUT2D eigenvalue weighted by molar-refractivity contribution is -0.151. The summed E-state index contributed by atoms with van der Waals surface area (Å²) in [6.45, 7) is 0. The van der Waals surface area contributed by atoms with Crippen molar-refractivity contribution >= 4 is 32.9 Å². The molecule has 2 aromatic rings. The average molecular weight is 351 g/mol. The zero-order valence-electron chi connectivity index (χ0n) is 12.1. The van der Waals surface area contributed by atoms with Crippen molar-refractivity contribution in [1.82, 2.24) is 9.55 Å². The van der Waals surface area contributed by atoms with Crippen molar-refractivity contribution in [2.45, 2.75) is 38.5 Å². The molecule has 1 heterocycles. The summed E-state index contributed by atoms with van der Waals surface area (Å²) in [5.74, 6) is 0.197. The molecule has 0 aliphatic heterocycles. The Kier molecular flexibility index (Phi) is 3.78. The molecule has 0 atom stereocenters. The number of aromatic nitrogens is 2. The maximum absolute atomic E-state index is 11.8. The van der Waals surface area contributed by atoms with E-state index in [4.69, 9.17) is 0 Å². The van der Waals surface area contributed by atoms with E-state index in [1.807, 2.05) is 29.8 Å². The lowest BCUT2D eigenvalue weighted by Gasteiger charge is -2.32. The summed E-state index contributed by atoms with van der Waals surface area (Å²) in [4.78, 5) is 16.5. The Morgan fingerprint density at radius 3 is 2.76 bits per heavy atom. The van der Waals surface area contributed by atoms with Crippen molar-refractivity contribution < 1.29 is 9.90 Å². The standard InChI is InChI=1S/C16H19BrN2O2/c1-19-13-6-5-11(17)9-12(13)18-14(19)10-16(15(20)21)7-3-2-4-8-16/h5-6,9H,2-4,7-8,10H2,1H3,(H,20,21). The molecule has 0 bridgehead atoms. The van der Waals surface area contributed by atoms with Gasteiger partial charge in [0.25, 0.3) is 0 Å². The van der Waals surface area contributed by atoms with E-state index in [1.165, 1.54) is 0 Å². The summed E-state index contributed by atoms with van der Waals surface area (Å²) in [7, 11) is 1.97. The van der Waals surface area contributed by atoms with Crippen LogP contribution in [0.4, 0.5) is 0 Å². The first-order chi connectivity index (χ1) is 10.0. The molecular weight excluding hydrogens is 332 g/mol. The predicted molar refractivity (Wildman–Crippen MR) is 85.3 cm³/mol. The molecule has 5 heteroatoms. The number of hydrogen-bond donors (Lipinski definition) is 1. The Morgan fingerprint density at radius 2 is 2.10 bits per heavy atom. The molecular formula is C16H19BrN2O2. The summed E-state index contributed by atoms with van der Waals surface area (Å²) < 4.78 is 3.02. The Labute approximate surface area is 132 Å². The van der Waals surface area contributed by atoms with E-state index in [2.05, 4.69) is 20.9 Å². The lowest BCUT2D eigenvalue weighted by atomic mass is 9.71. The van der Waals surface area contributed by atoms with Crippen LogP contribution in [0.1, 0.15) is 37.9 Å². The number of halogens is 1. The molecule has 0 amide bonds. The van der Waals surface area contributed by atoms with Gasteiger partial charge in [-0.3, -0.25) is 4.79 Å². The van der Waals surface area contributed by atoms with E-state index in [1.54, 1.807) is 0 Å². The van der Waals surface area contributed by atoms with Crippen molar-refractivity contribution in [3.63, 3.8) is 0 Å². The number of rotatable bonds is 3. The number of hydrogen-bond acceptors (Lipinski definition) is 2. The fourth-order valence-electron chi connectivity index (χ4n) is 3.38. The number of carboxylic acid groups (broad SMARTS) is 1. The highest BCUT2D eigenvalue weighted by molar-refractivity contribution is 9.10. The molecule has 1 aliphatic rings. The second kappa shape index (κ2) is 5.44. The van der Waals surface area contributed by atoms with E-state index in [0.717, 1.165) is 53.4 Å². The molecule has 0 spiro atoms. The highest BCUT2D eigenvalue weighted by Crippen LogP contribution is 2.39. The third kappa shape index (κ3) is 2.59. The topological polar surface area (TPSA) is 55.1 Å². The van der Waals surface area contributed by atoms with Crippen molar-refractivity contribution in [1.29, 1.82) is 0 Å². The Morgan fingerprint density at radius 1 is 1.38 bits per heavy atom. The van der Waals surface area contributed by atoms with Gasteiger partial charge < -0.3 is 9.67 Å². The third-order valence-corrected chi connectivity index (χ3v) is 5.19. The normalized spacial score (nSPS) is 18.0. The van der Waals surface area contributed by atoms with Gasteiger partial charge in [-0.25, -0.2) is 4.98 Å². The maximum Gasteiger partial charge on any atom is 0.310 e. The van der Waals surface area contributed by atoms with Gasteiger partial charge in [0.15, 0.2) is 0 Å². The molecule has 1 saturated carbocycles. The minimum Gasteiger partial charge on any atom is -0.481 e. The molecule has 1 aromatic heterocycles. The lowest BCUT2D eigenvalue weighted by Crippen LogP contribution is -2.36. The third-order valence-electron chi connectivity index (χ3n) is 4.70. The van der Waals surface area contributed by atoms with Gasteiger partial charge in [0.2, 0.25) is 0 Å². The molecule has 1 fully saturated rings. The van der Waals surface area contributed by atoms with Crippen LogP contribution < -0.4 is 0 Å². The van der Waals surface area contributed by atoms with Crippen LogP contribution in [0.3, 0.4) is 0 Å². The molecule has 1 aromatic carbocycles. The van der Waals surface area contributed by atoms with Crippen molar-refractivity contribution in [2.75, 3.05) is 0 Å². The van der Waals surface area contributed by atoms with Gasteiger partial charge in [-0.2, -0.15) is 0 Å². The Hall–Kier alpha value is -1.36. The summed E-state index contributed by atoms with van der Waals surface area (Å²) >= 11 is 3.46. The first kappa shape index (κ1) is 14.6. The van der Waals surface area contributed by atoms with Gasteiger partial charge >= 0.3 is 5.97 Å². The molecule has 0 unspecified atom stereocenters. The summed E-state index contributed by atoms with van der Waals surface area (Å²) in [5, 5.41) is 9.72. The zero-order chi connectivity index (χ0) is 15.0. The van der Waals surface area contributed by atoms with Crippen LogP contribution in [0.25, 0.3) is 11.0 Å². The van der Waals surface area contributed by atoms with Crippen LogP contribution in [0, 0.1) is 5.41 Å². The fraction of sp³-hybridized carbons (Fsp3) is 0.500. The maximum atomic E-state index is 11.8. The van der Waals surface area contributed by atoms with Gasteiger partial charge in [-0.05, 0) is 31.0 Å². The van der Waals surface area contributed by atoms with Crippen molar-refractivity contribution in [2.24, 2.45) is 12.5 Å². The van der Waals surface area contributed by atoms with E-state index < -0.39 is 11.4 Å². The van der Waals surface area contributed by atoms with Crippen LogP contribution in [-0.2, 0) is 18.3 Å². The van der Waals surface area contributed by atoms with Gasteiger partial charge in [0.05, 0.1) is 16.4 Å². The molecule has 4 nitrogen and oxygen atoms in total. The highest BCUT2D eigenvalue weighted by Gasteiger charge is 2.40. The van der Waals surface area contributed by atoms with Gasteiger partial charge in [-0.15, -0.1) is 0 Å². The molecule has 0 saturated heterocycles. The molecule has 1 aliphatic carbocycles. The average Bonchev–Trinajstić information content (AvgIpc) is 2.75. The molecule has 0 radical (unpaired) electrons. The van der Waals surface area contributed by atoms with Crippen LogP contribution in [0.2, 0.25) is 0 Å². The summed E-state index contributed by atoms with van der Waals surface area (Å²) in [5.41, 5.74) is 1.33. The number of benzene rings is 1. The fourth-order valence-corrected chi connectivity index (χ4v) is 3.73. The number of carbonyl (C=O) groups is 1. The second-order valence-electron chi connectivity index (χ2n) is 6.04. The van der Waals surface area contributed by atoms with Crippen molar-refractivity contribution in [3.05, 3.63) is 28.5 Å². The highest BCUT2D eigenvalue weighted by atomic mass is 79.9. The largest absolute Gasteiger partial charge is 0.481 e. The summed E-state index contributed by atoms with van der Waals surface area (Å²) in [6, 6.07) is 5.98. The van der Waals surface area contributed by atoms with Crippen LogP contribution >= 0.6 is 15.9 Å². The monoisotopic (exact) mass is 350 g/mol. The summed E-state index contributed by atoms with van der Waals surface area (Å²) in [6.07, 6.45) is 5.18. The van der Waals surface area contributed by atoms with Gasteiger partial charge in [-0.1, -0.05) is 35.2 Å². The number of aliphatic carboxylic acids is 1. The molecule has 3 rings (SSSR count). The first-order valence-corrected chi connectivity index (χ1v) is 8.15. The van der Waals surface area contributed by atoms with Crippen LogP contribution in [0.15, 0.2) is 22.7 Å². The predicted octanol–water partition coefficient (Wildman–Crippen LogP) is 3.91. The second-order valence-corrected chi connectivity index (χ2v) is 6.96. The molecule has 112 valence electrons. The Bertz CT molecular complexity index is 687. The SMILES string of the molecule is Cn1c(CC2(C(=O)O)CCCCC2)nc2cc(Br)ccc21. The minimum absolute atomic E-state index is 0.519. The minimum atomic E-state index is -0.671. The zero-order valence-corrected chi connectivity index (χ0v) is 13.7. The van der Waals surface area contributed by atoms with Gasteiger partial charge in [0.1, 0.15) is 5.82 Å². The number of nitrogens with zero attached hydrogens (tertiary/aromatic N) is 2. The number of aryl methyl sites for hydroxylation is 1. The van der Waals surface area contributed by atoms with Crippen LogP contribution in [0.5, 0.6) is 0 Å². The molecule has 1 N–H and O–H groups in total. The quantitative estimate of drug-likeness (QED) is 0.912. The van der Waals surface area contributed by atoms with Gasteiger partial charge in [0, 0.05) is 17.9 Å². The first-order valence-electron chi connectivity index (χ1n) is 7.36. The van der Waals surface area contributed by atoms with Crippen molar-refractivity contribution in [3.8, 4) is 0 Å². The number of imidazole rings is 1. The van der Waals surface area contributed by atoms with Crippen LogP contribution in [-0.4, -0.2) is 20.6 Å².